The molecule has 214 valence electrons. The van der Waals surface area contributed by atoms with Crippen LogP contribution >= 0.6 is 0 Å². The Morgan fingerprint density at radius 2 is 1.83 bits per heavy atom. The molecule has 11 nitrogen and oxygen atoms in total. The molecule has 2 N–H and O–H groups in total. The molecule has 0 aliphatic carbocycles. The van der Waals surface area contributed by atoms with Crippen LogP contribution in [0.3, 0.4) is 0 Å². The van der Waals surface area contributed by atoms with Gasteiger partial charge in [-0.3, -0.25) is 4.79 Å². The Bertz CT molecular complexity index is 1790. The van der Waals surface area contributed by atoms with Gasteiger partial charge >= 0.3 is 0 Å². The van der Waals surface area contributed by atoms with Gasteiger partial charge in [0.2, 0.25) is 15.6 Å². The Labute approximate surface area is 243 Å². The van der Waals surface area contributed by atoms with Gasteiger partial charge in [0.25, 0.3) is 5.91 Å². The summed E-state index contributed by atoms with van der Waals surface area (Å²) in [5.74, 6) is -0.446. The van der Waals surface area contributed by atoms with E-state index < -0.39 is 27.1 Å². The molecule has 0 spiro atoms. The van der Waals surface area contributed by atoms with Gasteiger partial charge in [0.05, 0.1) is 28.8 Å². The first-order valence-corrected chi connectivity index (χ1v) is 14.6. The van der Waals surface area contributed by atoms with E-state index in [1.54, 1.807) is 93.6 Å². The second kappa shape index (κ2) is 11.2. The normalized spacial score (nSPS) is 16.8. The summed E-state index contributed by atoms with van der Waals surface area (Å²) < 4.78 is 30.4. The molecule has 3 aromatic carbocycles. The van der Waals surface area contributed by atoms with Crippen LogP contribution in [0.1, 0.15) is 38.3 Å². The number of nitrogens with one attached hydrogen (secondary N) is 2. The van der Waals surface area contributed by atoms with Crippen molar-refractivity contribution in [1.82, 2.24) is 19.5 Å². The van der Waals surface area contributed by atoms with E-state index >= 15 is 0 Å². The van der Waals surface area contributed by atoms with Crippen LogP contribution in [0.2, 0.25) is 0 Å². The summed E-state index contributed by atoms with van der Waals surface area (Å²) in [6, 6.07) is 22.7. The molecule has 12 heteroatoms. The topological polar surface area (TPSA) is 151 Å². The van der Waals surface area contributed by atoms with Crippen molar-refractivity contribution < 1.29 is 18.0 Å². The predicted molar refractivity (Wildman–Crippen MR) is 157 cm³/mol. The number of oxime groups is 1. The number of aromatic nitrogens is 3. The van der Waals surface area contributed by atoms with Gasteiger partial charge < -0.3 is 10.2 Å². The molecule has 0 radical (unpaired) electrons. The highest BCUT2D eigenvalue weighted by Crippen LogP contribution is 2.32. The lowest BCUT2D eigenvalue weighted by Crippen LogP contribution is -2.47. The molecule has 5 rings (SSSR count). The maximum Gasteiger partial charge on any atom is 0.273 e. The number of rotatable bonds is 8. The molecule has 4 aromatic rings. The Hall–Kier alpha value is -4.86. The Morgan fingerprint density at radius 3 is 2.52 bits per heavy atom. The van der Waals surface area contributed by atoms with Crippen LogP contribution in [-0.4, -0.2) is 45.9 Å². The van der Waals surface area contributed by atoms with Crippen LogP contribution in [0.4, 0.5) is 5.69 Å². The number of benzene rings is 3. The number of nitrogens with zero attached hydrogens (tertiary/aromatic N) is 5. The first kappa shape index (κ1) is 28.7. The van der Waals surface area contributed by atoms with E-state index in [4.69, 9.17) is 4.84 Å². The summed E-state index contributed by atoms with van der Waals surface area (Å²) in [7, 11) is -3.78. The molecule has 1 aliphatic heterocycles. The standard InChI is InChI=1S/C30H29N7O4S/c1-29(2,3)36-42(39,40)27-10-5-4-9-25(27)22-11-13-24(14-12-22)34-28(38)30(18-37-20-32-19-33-37)16-26(35-41-30)23-8-6-7-21(15-23)17-31/h4-15,19-20,36H,16,18H2,1-3H3,(H,34,38). The molecular weight excluding hydrogens is 554 g/mol. The lowest BCUT2D eigenvalue weighted by atomic mass is 9.92. The van der Waals surface area contributed by atoms with Gasteiger partial charge in [0.15, 0.2) is 0 Å². The summed E-state index contributed by atoms with van der Waals surface area (Å²) in [5, 5.41) is 20.5. The number of carbonyl (C=O) groups excluding carboxylic acids is 1. The van der Waals surface area contributed by atoms with Crippen molar-refractivity contribution in [2.75, 3.05) is 5.32 Å². The minimum atomic E-state index is -3.78. The molecule has 1 unspecified atom stereocenters. The Balaban J connectivity index is 1.39. The van der Waals surface area contributed by atoms with Crippen LogP contribution < -0.4 is 10.0 Å². The van der Waals surface area contributed by atoms with Gasteiger partial charge in [-0.05, 0) is 56.7 Å². The molecule has 0 saturated heterocycles. The van der Waals surface area contributed by atoms with Gasteiger partial charge in [0, 0.05) is 28.8 Å². The lowest BCUT2D eigenvalue weighted by Gasteiger charge is -2.25. The number of anilines is 1. The average molecular weight is 584 g/mol. The molecule has 1 amide bonds. The van der Waals surface area contributed by atoms with E-state index in [0.29, 0.717) is 33.7 Å². The third-order valence-electron chi connectivity index (χ3n) is 6.48. The van der Waals surface area contributed by atoms with E-state index in [0.717, 1.165) is 0 Å². The molecule has 42 heavy (non-hydrogen) atoms. The molecule has 0 fully saturated rings. The molecule has 0 saturated carbocycles. The van der Waals surface area contributed by atoms with Crippen LogP contribution in [-0.2, 0) is 26.2 Å². The number of amides is 1. The first-order valence-electron chi connectivity index (χ1n) is 13.1. The Kier molecular flexibility index (Phi) is 7.64. The summed E-state index contributed by atoms with van der Waals surface area (Å²) in [6.07, 6.45) is 2.99. The van der Waals surface area contributed by atoms with E-state index in [-0.39, 0.29) is 17.9 Å². The van der Waals surface area contributed by atoms with E-state index in [2.05, 4.69) is 31.3 Å². The average Bonchev–Trinajstić information content (AvgIpc) is 3.63. The zero-order chi connectivity index (χ0) is 30.0. The highest BCUT2D eigenvalue weighted by Gasteiger charge is 2.48. The minimum Gasteiger partial charge on any atom is -0.376 e. The van der Waals surface area contributed by atoms with E-state index in [9.17, 15) is 18.5 Å². The number of hydrogen-bond donors (Lipinski definition) is 2. The van der Waals surface area contributed by atoms with Gasteiger partial charge in [-0.25, -0.2) is 22.8 Å². The van der Waals surface area contributed by atoms with Crippen molar-refractivity contribution >= 4 is 27.3 Å². The SMILES string of the molecule is CC(C)(C)NS(=O)(=O)c1ccccc1-c1ccc(NC(=O)C2(Cn3cncn3)CC(c3cccc(C#N)c3)=NO2)cc1. The van der Waals surface area contributed by atoms with Crippen molar-refractivity contribution in [2.45, 2.75) is 49.8 Å². The van der Waals surface area contributed by atoms with Gasteiger partial charge in [-0.1, -0.05) is 47.6 Å². The first-order chi connectivity index (χ1) is 20.0. The third kappa shape index (κ3) is 6.22. The third-order valence-corrected chi connectivity index (χ3v) is 8.29. The largest absolute Gasteiger partial charge is 0.376 e. The lowest BCUT2D eigenvalue weighted by molar-refractivity contribution is -0.140. The predicted octanol–water partition coefficient (Wildman–Crippen LogP) is 4.10. The summed E-state index contributed by atoms with van der Waals surface area (Å²) in [4.78, 5) is 23.7. The van der Waals surface area contributed by atoms with Crippen LogP contribution in [0.25, 0.3) is 11.1 Å². The van der Waals surface area contributed by atoms with E-state index in [1.165, 1.54) is 17.3 Å². The van der Waals surface area contributed by atoms with Crippen LogP contribution in [0.5, 0.6) is 0 Å². The zero-order valence-electron chi connectivity index (χ0n) is 23.3. The number of carbonyl (C=O) groups is 1. The molecule has 1 aliphatic rings. The highest BCUT2D eigenvalue weighted by atomic mass is 32.2. The quantitative estimate of drug-likeness (QED) is 0.317. The second-order valence-electron chi connectivity index (χ2n) is 11.0. The number of sulfonamides is 1. The fourth-order valence-electron chi connectivity index (χ4n) is 4.63. The fraction of sp³-hybridized carbons (Fsp3) is 0.233. The summed E-state index contributed by atoms with van der Waals surface area (Å²) in [5.41, 5.74) is 1.29. The molecule has 1 aromatic heterocycles. The smallest absolute Gasteiger partial charge is 0.273 e. The maximum absolute atomic E-state index is 13.7. The van der Waals surface area contributed by atoms with Crippen molar-refractivity contribution in [2.24, 2.45) is 5.16 Å². The monoisotopic (exact) mass is 583 g/mol. The maximum atomic E-state index is 13.7. The van der Waals surface area contributed by atoms with Gasteiger partial charge in [0.1, 0.15) is 12.7 Å². The minimum absolute atomic E-state index is 0.0495. The van der Waals surface area contributed by atoms with Crippen molar-refractivity contribution in [1.29, 1.82) is 5.26 Å². The number of nitriles is 1. The van der Waals surface area contributed by atoms with Crippen molar-refractivity contribution in [3.8, 4) is 17.2 Å². The second-order valence-corrected chi connectivity index (χ2v) is 12.6. The molecule has 1 atom stereocenters. The zero-order valence-corrected chi connectivity index (χ0v) is 24.1. The molecular formula is C30H29N7O4S. The highest BCUT2D eigenvalue weighted by molar-refractivity contribution is 7.89. The van der Waals surface area contributed by atoms with Crippen molar-refractivity contribution in [3.05, 3.63) is 96.6 Å². The molecule has 0 bridgehead atoms. The van der Waals surface area contributed by atoms with Crippen LogP contribution in [0.15, 0.2) is 95.5 Å². The number of hydrogen-bond acceptors (Lipinski definition) is 8. The van der Waals surface area contributed by atoms with E-state index in [1.807, 2.05) is 0 Å². The fourth-order valence-corrected chi connectivity index (χ4v) is 6.28. The van der Waals surface area contributed by atoms with Gasteiger partial charge in [-0.2, -0.15) is 10.4 Å². The Morgan fingerprint density at radius 1 is 1.07 bits per heavy atom. The van der Waals surface area contributed by atoms with Gasteiger partial charge in [-0.15, -0.1) is 0 Å². The summed E-state index contributed by atoms with van der Waals surface area (Å²) in [6.45, 7) is 5.40. The van der Waals surface area contributed by atoms with Crippen molar-refractivity contribution in [3.63, 3.8) is 0 Å². The van der Waals surface area contributed by atoms with Crippen LogP contribution in [0, 0.1) is 11.3 Å². The summed E-state index contributed by atoms with van der Waals surface area (Å²) >= 11 is 0. The molecule has 2 heterocycles.